The molecule has 0 saturated carbocycles. The van der Waals surface area contributed by atoms with Gasteiger partial charge in [-0.25, -0.2) is 0 Å². The molecule has 0 aromatic heterocycles. The minimum Gasteiger partial charge on any atom is -0.432 e. The molecule has 1 heterocycles. The standard InChI is InChI=1S/C8H14O7S/c9-1-3-5(11)6(12)7(13)8(14-3)15-4(10)2-16/h3,5-9,11-13,16H,1-2H2/t3-,5-,6+,7-,8?/m1/s1. The average Bonchev–Trinajstić information content (AvgIpc) is 2.29. The smallest absolute Gasteiger partial charge is 0.318 e. The molecule has 0 amide bonds. The normalized spacial score (nSPS) is 39.4. The second kappa shape index (κ2) is 5.80. The van der Waals surface area contributed by atoms with E-state index < -0.39 is 43.3 Å². The highest BCUT2D eigenvalue weighted by Crippen LogP contribution is 2.21. The molecule has 0 spiro atoms. The van der Waals surface area contributed by atoms with Gasteiger partial charge in [0.15, 0.2) is 0 Å². The van der Waals surface area contributed by atoms with E-state index in [1.807, 2.05) is 0 Å². The Morgan fingerprint density at radius 1 is 1.25 bits per heavy atom. The van der Waals surface area contributed by atoms with Crippen LogP contribution in [0.3, 0.4) is 0 Å². The molecule has 0 bridgehead atoms. The van der Waals surface area contributed by atoms with E-state index in [9.17, 15) is 20.1 Å². The van der Waals surface area contributed by atoms with E-state index in [1.54, 1.807) is 0 Å². The number of aliphatic hydroxyl groups is 4. The lowest BCUT2D eigenvalue weighted by molar-refractivity contribution is -0.291. The molecule has 1 saturated heterocycles. The Labute approximate surface area is 97.0 Å². The minimum atomic E-state index is -1.57. The maximum absolute atomic E-state index is 10.9. The number of hydrogen-bond donors (Lipinski definition) is 5. The van der Waals surface area contributed by atoms with Gasteiger partial charge in [0.1, 0.15) is 24.4 Å². The van der Waals surface area contributed by atoms with Gasteiger partial charge < -0.3 is 29.9 Å². The number of hydrogen-bond acceptors (Lipinski definition) is 8. The SMILES string of the molecule is O=C(CS)OC1O[C@H](CO)[C@@H](O)[C@H](O)[C@H]1O. The van der Waals surface area contributed by atoms with Crippen molar-refractivity contribution >= 4 is 18.6 Å². The van der Waals surface area contributed by atoms with E-state index in [1.165, 1.54) is 0 Å². The summed E-state index contributed by atoms with van der Waals surface area (Å²) in [5.41, 5.74) is 0. The van der Waals surface area contributed by atoms with Gasteiger partial charge in [-0.15, -0.1) is 0 Å². The topological polar surface area (TPSA) is 116 Å². The van der Waals surface area contributed by atoms with Crippen molar-refractivity contribution in [1.82, 2.24) is 0 Å². The van der Waals surface area contributed by atoms with Gasteiger partial charge in [-0.3, -0.25) is 4.79 Å². The van der Waals surface area contributed by atoms with Crippen molar-refractivity contribution < 1.29 is 34.7 Å². The molecule has 8 heteroatoms. The van der Waals surface area contributed by atoms with Crippen molar-refractivity contribution in [3.8, 4) is 0 Å². The van der Waals surface area contributed by atoms with Crippen LogP contribution >= 0.6 is 12.6 Å². The first kappa shape index (κ1) is 13.7. The fourth-order valence-corrected chi connectivity index (χ4v) is 1.41. The average molecular weight is 254 g/mol. The van der Waals surface area contributed by atoms with Crippen LogP contribution < -0.4 is 0 Å². The molecular weight excluding hydrogens is 240 g/mol. The lowest BCUT2D eigenvalue weighted by atomic mass is 9.99. The van der Waals surface area contributed by atoms with Crippen molar-refractivity contribution in [3.05, 3.63) is 0 Å². The first-order valence-corrected chi connectivity index (χ1v) is 5.25. The summed E-state index contributed by atoms with van der Waals surface area (Å²) in [6, 6.07) is 0. The van der Waals surface area contributed by atoms with E-state index in [-0.39, 0.29) is 5.75 Å². The van der Waals surface area contributed by atoms with Crippen LogP contribution in [0.2, 0.25) is 0 Å². The monoisotopic (exact) mass is 254 g/mol. The van der Waals surface area contributed by atoms with Crippen LogP contribution in [0.4, 0.5) is 0 Å². The molecular formula is C8H14O7S. The number of aliphatic hydroxyl groups excluding tert-OH is 4. The Morgan fingerprint density at radius 3 is 2.38 bits per heavy atom. The van der Waals surface area contributed by atoms with Crippen LogP contribution in [0.1, 0.15) is 0 Å². The number of thiol groups is 1. The third kappa shape index (κ3) is 2.84. The Hall–Kier alpha value is -0.380. The molecule has 16 heavy (non-hydrogen) atoms. The molecule has 94 valence electrons. The highest BCUT2D eigenvalue weighted by atomic mass is 32.1. The predicted molar refractivity (Wildman–Crippen MR) is 53.7 cm³/mol. The predicted octanol–water partition coefficient (Wildman–Crippen LogP) is -2.74. The minimum absolute atomic E-state index is 0.213. The first-order chi connectivity index (χ1) is 7.51. The van der Waals surface area contributed by atoms with E-state index in [4.69, 9.17) is 9.84 Å². The Kier molecular flexibility index (Phi) is 4.96. The van der Waals surface area contributed by atoms with Crippen molar-refractivity contribution in [1.29, 1.82) is 0 Å². The van der Waals surface area contributed by atoms with Crippen LogP contribution in [0.5, 0.6) is 0 Å². The Bertz CT molecular complexity index is 247. The van der Waals surface area contributed by atoms with Crippen molar-refractivity contribution in [2.75, 3.05) is 12.4 Å². The molecule has 4 N–H and O–H groups in total. The number of carbonyl (C=O) groups is 1. The molecule has 0 aromatic rings. The zero-order chi connectivity index (χ0) is 12.3. The summed E-state index contributed by atoms with van der Waals surface area (Å²) < 4.78 is 9.55. The van der Waals surface area contributed by atoms with Gasteiger partial charge in [0.2, 0.25) is 6.29 Å². The summed E-state index contributed by atoms with van der Waals surface area (Å²) in [5, 5.41) is 37.1. The zero-order valence-electron chi connectivity index (χ0n) is 8.26. The van der Waals surface area contributed by atoms with E-state index in [2.05, 4.69) is 17.4 Å². The van der Waals surface area contributed by atoms with Crippen molar-refractivity contribution in [2.45, 2.75) is 30.7 Å². The molecule has 5 atom stereocenters. The van der Waals surface area contributed by atoms with Crippen LogP contribution in [-0.4, -0.2) is 69.5 Å². The highest BCUT2D eigenvalue weighted by molar-refractivity contribution is 7.81. The van der Waals surface area contributed by atoms with Gasteiger partial charge in [0.05, 0.1) is 12.4 Å². The number of rotatable bonds is 3. The fourth-order valence-electron chi connectivity index (χ4n) is 1.33. The Morgan fingerprint density at radius 2 is 1.88 bits per heavy atom. The third-order valence-electron chi connectivity index (χ3n) is 2.23. The second-order valence-electron chi connectivity index (χ2n) is 3.35. The van der Waals surface area contributed by atoms with Crippen LogP contribution in [0.25, 0.3) is 0 Å². The van der Waals surface area contributed by atoms with Crippen LogP contribution in [0, 0.1) is 0 Å². The lowest BCUT2D eigenvalue weighted by Gasteiger charge is -2.39. The number of esters is 1. The maximum atomic E-state index is 10.9. The lowest BCUT2D eigenvalue weighted by Crippen LogP contribution is -2.59. The summed E-state index contributed by atoms with van der Waals surface area (Å²) in [6.07, 6.45) is -7.09. The quantitative estimate of drug-likeness (QED) is 0.274. The maximum Gasteiger partial charge on any atom is 0.318 e. The fraction of sp³-hybridized carbons (Fsp3) is 0.875. The van der Waals surface area contributed by atoms with Crippen molar-refractivity contribution in [2.24, 2.45) is 0 Å². The Balaban J connectivity index is 2.67. The molecule has 7 nitrogen and oxygen atoms in total. The van der Waals surface area contributed by atoms with Gasteiger partial charge in [-0.05, 0) is 0 Å². The van der Waals surface area contributed by atoms with Gasteiger partial charge in [0.25, 0.3) is 0 Å². The van der Waals surface area contributed by atoms with Crippen LogP contribution in [-0.2, 0) is 14.3 Å². The summed E-state index contributed by atoms with van der Waals surface area (Å²) in [4.78, 5) is 10.9. The van der Waals surface area contributed by atoms with Crippen molar-refractivity contribution in [3.63, 3.8) is 0 Å². The van der Waals surface area contributed by atoms with E-state index in [0.717, 1.165) is 0 Å². The molecule has 1 fully saturated rings. The summed E-state index contributed by atoms with van der Waals surface area (Å²) >= 11 is 3.66. The van der Waals surface area contributed by atoms with Gasteiger partial charge >= 0.3 is 5.97 Å². The summed E-state index contributed by atoms with van der Waals surface area (Å²) in [6.45, 7) is -0.570. The van der Waals surface area contributed by atoms with Gasteiger partial charge in [-0.2, -0.15) is 12.6 Å². The van der Waals surface area contributed by atoms with Gasteiger partial charge in [-0.1, -0.05) is 0 Å². The third-order valence-corrected chi connectivity index (χ3v) is 2.48. The summed E-state index contributed by atoms with van der Waals surface area (Å²) in [5.74, 6) is -0.956. The second-order valence-corrected chi connectivity index (χ2v) is 3.66. The number of carbonyl (C=O) groups excluding carboxylic acids is 1. The van der Waals surface area contributed by atoms with Crippen LogP contribution in [0.15, 0.2) is 0 Å². The molecule has 1 unspecified atom stereocenters. The van der Waals surface area contributed by atoms with E-state index >= 15 is 0 Å². The molecule has 0 radical (unpaired) electrons. The highest BCUT2D eigenvalue weighted by Gasteiger charge is 2.45. The zero-order valence-corrected chi connectivity index (χ0v) is 9.16. The first-order valence-electron chi connectivity index (χ1n) is 4.62. The molecule has 1 aliphatic heterocycles. The van der Waals surface area contributed by atoms with E-state index in [0.29, 0.717) is 0 Å². The molecule has 0 aliphatic carbocycles. The molecule has 0 aromatic carbocycles. The largest absolute Gasteiger partial charge is 0.432 e. The van der Waals surface area contributed by atoms with Gasteiger partial charge in [0, 0.05) is 0 Å². The summed E-state index contributed by atoms with van der Waals surface area (Å²) in [7, 11) is 0. The molecule has 1 aliphatic rings. The number of ether oxygens (including phenoxy) is 2. The molecule has 1 rings (SSSR count).